The Labute approximate surface area is 153 Å². The minimum Gasteiger partial charge on any atom is -0.497 e. The van der Waals surface area contributed by atoms with E-state index in [4.69, 9.17) is 4.74 Å². The Hall–Kier alpha value is -2.66. The standard InChI is InChI=1S/C21H24N2O3/c1-4-18-14-21(25,17-9-11-19(26-3)12-10-17)23(22-18)20(24)13-16-7-5-15(2)6-8-16/h5-12,25H,4,13-14H2,1-3H3/t21-/m0/s1. The summed E-state index contributed by atoms with van der Waals surface area (Å²) in [5, 5.41) is 17.0. The van der Waals surface area contributed by atoms with Gasteiger partial charge in [0.1, 0.15) is 5.75 Å². The normalized spacial score (nSPS) is 19.4. The maximum absolute atomic E-state index is 12.9. The molecule has 0 aromatic heterocycles. The van der Waals surface area contributed by atoms with Crippen molar-refractivity contribution in [1.82, 2.24) is 5.01 Å². The summed E-state index contributed by atoms with van der Waals surface area (Å²) in [7, 11) is 1.59. The van der Waals surface area contributed by atoms with Crippen LogP contribution < -0.4 is 4.74 Å². The molecule has 136 valence electrons. The summed E-state index contributed by atoms with van der Waals surface area (Å²) < 4.78 is 5.18. The first-order chi connectivity index (χ1) is 12.5. The Kier molecular flexibility index (Phi) is 5.09. The van der Waals surface area contributed by atoms with Crippen LogP contribution in [0.15, 0.2) is 53.6 Å². The number of hydrogen-bond donors (Lipinski definition) is 1. The maximum atomic E-state index is 12.9. The molecule has 0 fully saturated rings. The molecule has 2 aromatic rings. The van der Waals surface area contributed by atoms with E-state index in [1.54, 1.807) is 31.4 Å². The molecular weight excluding hydrogens is 328 g/mol. The predicted octanol–water partition coefficient (Wildman–Crippen LogP) is 3.39. The van der Waals surface area contributed by atoms with Crippen LogP contribution >= 0.6 is 0 Å². The number of hydrazone groups is 1. The molecule has 1 aliphatic rings. The molecule has 2 aromatic carbocycles. The highest BCUT2D eigenvalue weighted by atomic mass is 16.5. The molecule has 26 heavy (non-hydrogen) atoms. The van der Waals surface area contributed by atoms with Crippen molar-refractivity contribution < 1.29 is 14.6 Å². The molecule has 1 atom stereocenters. The van der Waals surface area contributed by atoms with E-state index >= 15 is 0 Å². The lowest BCUT2D eigenvalue weighted by atomic mass is 9.96. The highest BCUT2D eigenvalue weighted by Crippen LogP contribution is 2.37. The van der Waals surface area contributed by atoms with Gasteiger partial charge in [0.25, 0.3) is 0 Å². The van der Waals surface area contributed by atoms with Crippen LogP contribution in [0.5, 0.6) is 5.75 Å². The molecule has 0 unspecified atom stereocenters. The van der Waals surface area contributed by atoms with Crippen molar-refractivity contribution in [2.45, 2.75) is 38.8 Å². The SMILES string of the molecule is CCC1=NN(C(=O)Cc2ccc(C)cc2)[C@@](O)(c2ccc(OC)cc2)C1. The van der Waals surface area contributed by atoms with Crippen LogP contribution in [0, 0.1) is 6.92 Å². The van der Waals surface area contributed by atoms with Gasteiger partial charge in [0.2, 0.25) is 5.91 Å². The number of ether oxygens (including phenoxy) is 1. The fourth-order valence-corrected chi connectivity index (χ4v) is 3.11. The molecule has 3 rings (SSSR count). The zero-order chi connectivity index (χ0) is 18.7. The molecule has 0 aliphatic carbocycles. The minimum atomic E-state index is -1.46. The molecule has 0 radical (unpaired) electrons. The van der Waals surface area contributed by atoms with Crippen molar-refractivity contribution in [3.8, 4) is 5.75 Å². The summed E-state index contributed by atoms with van der Waals surface area (Å²) in [5.74, 6) is 0.472. The number of aliphatic hydroxyl groups is 1. The van der Waals surface area contributed by atoms with Gasteiger partial charge in [0.15, 0.2) is 5.72 Å². The zero-order valence-corrected chi connectivity index (χ0v) is 15.4. The van der Waals surface area contributed by atoms with Gasteiger partial charge in [-0.2, -0.15) is 10.1 Å². The second-order valence-electron chi connectivity index (χ2n) is 6.61. The van der Waals surface area contributed by atoms with Crippen molar-refractivity contribution in [2.75, 3.05) is 7.11 Å². The molecule has 1 aliphatic heterocycles. The van der Waals surface area contributed by atoms with Crippen LogP contribution in [0.4, 0.5) is 0 Å². The van der Waals surface area contributed by atoms with Crippen molar-refractivity contribution in [3.63, 3.8) is 0 Å². The summed E-state index contributed by atoms with van der Waals surface area (Å²) in [6.07, 6.45) is 1.20. The number of nitrogens with zero attached hydrogens (tertiary/aromatic N) is 2. The van der Waals surface area contributed by atoms with Gasteiger partial charge in [-0.15, -0.1) is 0 Å². The Morgan fingerprint density at radius 2 is 1.85 bits per heavy atom. The van der Waals surface area contributed by atoms with E-state index in [-0.39, 0.29) is 12.3 Å². The molecule has 1 heterocycles. The Balaban J connectivity index is 1.88. The number of carbonyl (C=O) groups excluding carboxylic acids is 1. The molecule has 5 heteroatoms. The minimum absolute atomic E-state index is 0.194. The van der Waals surface area contributed by atoms with Gasteiger partial charge in [-0.25, -0.2) is 0 Å². The number of aryl methyl sites for hydroxylation is 1. The number of rotatable bonds is 5. The third-order valence-corrected chi connectivity index (χ3v) is 4.72. The first-order valence-corrected chi connectivity index (χ1v) is 8.78. The predicted molar refractivity (Wildman–Crippen MR) is 101 cm³/mol. The van der Waals surface area contributed by atoms with Gasteiger partial charge in [-0.1, -0.05) is 48.9 Å². The summed E-state index contributed by atoms with van der Waals surface area (Å²) in [6.45, 7) is 3.98. The quantitative estimate of drug-likeness (QED) is 0.897. The van der Waals surface area contributed by atoms with Crippen LogP contribution in [-0.4, -0.2) is 28.8 Å². The Bertz CT molecular complexity index is 812. The highest BCUT2D eigenvalue weighted by Gasteiger charge is 2.45. The maximum Gasteiger partial charge on any atom is 0.250 e. The molecule has 0 saturated heterocycles. The van der Waals surface area contributed by atoms with E-state index in [1.165, 1.54) is 5.01 Å². The largest absolute Gasteiger partial charge is 0.497 e. The lowest BCUT2D eigenvalue weighted by Gasteiger charge is -2.31. The van der Waals surface area contributed by atoms with Gasteiger partial charge in [0.05, 0.1) is 13.5 Å². The molecule has 0 saturated carbocycles. The van der Waals surface area contributed by atoms with Gasteiger partial charge < -0.3 is 9.84 Å². The summed E-state index contributed by atoms with van der Waals surface area (Å²) >= 11 is 0. The number of hydrogen-bond acceptors (Lipinski definition) is 4. The fraction of sp³-hybridized carbons (Fsp3) is 0.333. The van der Waals surface area contributed by atoms with Gasteiger partial charge in [-0.05, 0) is 31.0 Å². The van der Waals surface area contributed by atoms with Crippen LogP contribution in [-0.2, 0) is 16.9 Å². The fourth-order valence-electron chi connectivity index (χ4n) is 3.11. The lowest BCUT2D eigenvalue weighted by Crippen LogP contribution is -2.44. The van der Waals surface area contributed by atoms with Gasteiger partial charge >= 0.3 is 0 Å². The molecule has 1 N–H and O–H groups in total. The van der Waals surface area contributed by atoms with Crippen LogP contribution in [0.2, 0.25) is 0 Å². The summed E-state index contributed by atoms with van der Waals surface area (Å²) in [6, 6.07) is 14.9. The average molecular weight is 352 g/mol. The number of carbonyl (C=O) groups is 1. The number of methoxy groups -OCH3 is 1. The van der Waals surface area contributed by atoms with E-state index in [9.17, 15) is 9.90 Å². The van der Waals surface area contributed by atoms with E-state index in [0.29, 0.717) is 24.2 Å². The van der Waals surface area contributed by atoms with Crippen molar-refractivity contribution in [1.29, 1.82) is 0 Å². The van der Waals surface area contributed by atoms with Crippen molar-refractivity contribution in [3.05, 3.63) is 65.2 Å². The van der Waals surface area contributed by atoms with Crippen LogP contribution in [0.1, 0.15) is 36.5 Å². The molecule has 0 bridgehead atoms. The first-order valence-electron chi connectivity index (χ1n) is 8.78. The molecule has 5 nitrogen and oxygen atoms in total. The molecule has 1 amide bonds. The van der Waals surface area contributed by atoms with Crippen molar-refractivity contribution >= 4 is 11.6 Å². The highest BCUT2D eigenvalue weighted by molar-refractivity contribution is 5.91. The smallest absolute Gasteiger partial charge is 0.250 e. The third kappa shape index (κ3) is 3.48. The third-order valence-electron chi connectivity index (χ3n) is 4.72. The number of benzene rings is 2. The zero-order valence-electron chi connectivity index (χ0n) is 15.4. The van der Waals surface area contributed by atoms with E-state index in [2.05, 4.69) is 5.10 Å². The summed E-state index contributed by atoms with van der Waals surface area (Å²) in [4.78, 5) is 12.9. The van der Waals surface area contributed by atoms with Crippen molar-refractivity contribution in [2.24, 2.45) is 5.10 Å². The van der Waals surface area contributed by atoms with Crippen LogP contribution in [0.3, 0.4) is 0 Å². The van der Waals surface area contributed by atoms with Gasteiger partial charge in [0, 0.05) is 17.7 Å². The topological polar surface area (TPSA) is 62.1 Å². The second kappa shape index (κ2) is 7.30. The van der Waals surface area contributed by atoms with Gasteiger partial charge in [-0.3, -0.25) is 4.79 Å². The first kappa shape index (κ1) is 18.1. The van der Waals surface area contributed by atoms with E-state index in [0.717, 1.165) is 16.8 Å². The molecule has 0 spiro atoms. The Morgan fingerprint density at radius 1 is 1.19 bits per heavy atom. The average Bonchev–Trinajstić information content (AvgIpc) is 3.02. The summed E-state index contributed by atoms with van der Waals surface area (Å²) in [5.41, 5.74) is 2.02. The second-order valence-corrected chi connectivity index (χ2v) is 6.61. The number of amides is 1. The Morgan fingerprint density at radius 3 is 2.42 bits per heavy atom. The monoisotopic (exact) mass is 352 g/mol. The van der Waals surface area contributed by atoms with Crippen LogP contribution in [0.25, 0.3) is 0 Å². The van der Waals surface area contributed by atoms with E-state index < -0.39 is 5.72 Å². The lowest BCUT2D eigenvalue weighted by molar-refractivity contribution is -0.157. The van der Waals surface area contributed by atoms with E-state index in [1.807, 2.05) is 38.1 Å². The molecular formula is C21H24N2O3.